The van der Waals surface area contributed by atoms with E-state index in [4.69, 9.17) is 0 Å². The van der Waals surface area contributed by atoms with Crippen molar-refractivity contribution in [3.8, 4) is 5.75 Å². The summed E-state index contributed by atoms with van der Waals surface area (Å²) < 4.78 is 0. The van der Waals surface area contributed by atoms with Gasteiger partial charge in [-0.3, -0.25) is 4.79 Å². The number of carbonyl (C=O) groups is 2. The van der Waals surface area contributed by atoms with Gasteiger partial charge < -0.3 is 15.1 Å². The van der Waals surface area contributed by atoms with Gasteiger partial charge in [-0.2, -0.15) is 0 Å². The molecule has 0 heterocycles. The number of benzene rings is 2. The molecule has 22 heavy (non-hydrogen) atoms. The second-order valence-electron chi connectivity index (χ2n) is 5.28. The number of carboxylic acids is 1. The van der Waals surface area contributed by atoms with E-state index in [1.54, 1.807) is 24.0 Å². The Morgan fingerprint density at radius 3 is 2.14 bits per heavy atom. The number of hydrogen-bond acceptors (Lipinski definition) is 4. The predicted octanol–water partition coefficient (Wildman–Crippen LogP) is 2.70. The number of nitrogens with zero attached hydrogens (tertiary/aromatic N) is 1. The number of rotatable bonds is 4. The summed E-state index contributed by atoms with van der Waals surface area (Å²) >= 11 is 0. The molecule has 0 aliphatic carbocycles. The minimum atomic E-state index is -1.17. The van der Waals surface area contributed by atoms with E-state index >= 15 is 0 Å². The average molecular weight is 299 g/mol. The zero-order valence-electron chi connectivity index (χ0n) is 12.6. The highest BCUT2D eigenvalue weighted by Gasteiger charge is 2.20. The molecule has 0 bridgehead atoms. The molecule has 5 heteroatoms. The minimum Gasteiger partial charge on any atom is -0.507 e. The van der Waals surface area contributed by atoms with Crippen LogP contribution in [0.5, 0.6) is 5.75 Å². The first-order chi connectivity index (χ1) is 10.3. The summed E-state index contributed by atoms with van der Waals surface area (Å²) in [4.78, 5) is 25.7. The molecule has 2 N–H and O–H groups in total. The van der Waals surface area contributed by atoms with Gasteiger partial charge in [0, 0.05) is 31.4 Å². The molecule has 0 radical (unpaired) electrons. The third kappa shape index (κ3) is 2.93. The molecule has 114 valence electrons. The van der Waals surface area contributed by atoms with Gasteiger partial charge in [0.1, 0.15) is 5.75 Å². The molecule has 0 spiro atoms. The van der Waals surface area contributed by atoms with Gasteiger partial charge in [0.25, 0.3) is 0 Å². The van der Waals surface area contributed by atoms with Crippen LogP contribution in [0.15, 0.2) is 36.4 Å². The van der Waals surface area contributed by atoms with E-state index in [2.05, 4.69) is 0 Å². The molecule has 0 unspecified atom stereocenters. The fourth-order valence-corrected chi connectivity index (χ4v) is 2.17. The van der Waals surface area contributed by atoms with Gasteiger partial charge in [0.2, 0.25) is 0 Å². The standard InChI is InChI=1S/C17H17NO4/c1-10-4-6-12(14(8-10)17(21)22)16(20)13-7-5-11(18(2)3)9-15(13)19/h4-9,19H,1-3H3,(H,21,22). The van der Waals surface area contributed by atoms with Crippen molar-refractivity contribution in [2.24, 2.45) is 0 Å². The zero-order chi connectivity index (χ0) is 16.4. The molecule has 2 rings (SSSR count). The Morgan fingerprint density at radius 2 is 1.59 bits per heavy atom. The maximum atomic E-state index is 12.5. The van der Waals surface area contributed by atoms with Gasteiger partial charge in [0.15, 0.2) is 5.78 Å². The van der Waals surface area contributed by atoms with Crippen molar-refractivity contribution < 1.29 is 19.8 Å². The van der Waals surface area contributed by atoms with Crippen molar-refractivity contribution in [1.29, 1.82) is 0 Å². The first-order valence-electron chi connectivity index (χ1n) is 6.70. The van der Waals surface area contributed by atoms with Gasteiger partial charge in [-0.25, -0.2) is 4.79 Å². The number of ketones is 1. The Morgan fingerprint density at radius 1 is 0.955 bits per heavy atom. The normalized spacial score (nSPS) is 10.3. The van der Waals surface area contributed by atoms with E-state index in [1.165, 1.54) is 24.3 Å². The summed E-state index contributed by atoms with van der Waals surface area (Å²) in [5.41, 5.74) is 1.57. The number of hydrogen-bond donors (Lipinski definition) is 2. The first-order valence-corrected chi connectivity index (χ1v) is 6.70. The van der Waals surface area contributed by atoms with E-state index in [1.807, 2.05) is 14.1 Å². The minimum absolute atomic E-state index is 0.0611. The Balaban J connectivity index is 2.51. The number of carbonyl (C=O) groups excluding carboxylic acids is 1. The van der Waals surface area contributed by atoms with E-state index in [-0.39, 0.29) is 22.4 Å². The number of carboxylic acid groups (broad SMARTS) is 1. The molecule has 0 saturated carbocycles. The number of phenols is 1. The zero-order valence-corrected chi connectivity index (χ0v) is 12.6. The van der Waals surface area contributed by atoms with Crippen LogP contribution >= 0.6 is 0 Å². The van der Waals surface area contributed by atoms with E-state index < -0.39 is 11.8 Å². The van der Waals surface area contributed by atoms with Gasteiger partial charge in [-0.15, -0.1) is 0 Å². The second-order valence-corrected chi connectivity index (χ2v) is 5.28. The van der Waals surface area contributed by atoms with Crippen LogP contribution in [0.25, 0.3) is 0 Å². The smallest absolute Gasteiger partial charge is 0.336 e. The lowest BCUT2D eigenvalue weighted by Crippen LogP contribution is -2.12. The summed E-state index contributed by atoms with van der Waals surface area (Å²) in [6.45, 7) is 1.75. The van der Waals surface area contributed by atoms with Crippen molar-refractivity contribution in [3.05, 3.63) is 58.7 Å². The van der Waals surface area contributed by atoms with Gasteiger partial charge in [-0.1, -0.05) is 11.6 Å². The van der Waals surface area contributed by atoms with Crippen LogP contribution in [0.2, 0.25) is 0 Å². The molecular formula is C17H17NO4. The fourth-order valence-electron chi connectivity index (χ4n) is 2.17. The Bertz CT molecular complexity index is 750. The molecule has 2 aromatic carbocycles. The van der Waals surface area contributed by atoms with Gasteiger partial charge in [-0.05, 0) is 31.2 Å². The molecule has 0 saturated heterocycles. The predicted molar refractivity (Wildman–Crippen MR) is 84.0 cm³/mol. The Hall–Kier alpha value is -2.82. The maximum Gasteiger partial charge on any atom is 0.336 e. The molecule has 0 atom stereocenters. The summed E-state index contributed by atoms with van der Waals surface area (Å²) in [5, 5.41) is 19.3. The lowest BCUT2D eigenvalue weighted by molar-refractivity contribution is 0.0692. The lowest BCUT2D eigenvalue weighted by Gasteiger charge is -2.14. The number of aryl methyl sites for hydroxylation is 1. The van der Waals surface area contributed by atoms with Crippen molar-refractivity contribution in [3.63, 3.8) is 0 Å². The Kier molecular flexibility index (Phi) is 4.17. The third-order valence-electron chi connectivity index (χ3n) is 3.39. The van der Waals surface area contributed by atoms with E-state index in [9.17, 15) is 19.8 Å². The number of phenolic OH excluding ortho intramolecular Hbond substituents is 1. The Labute approximate surface area is 128 Å². The number of aromatic carboxylic acids is 1. The summed E-state index contributed by atoms with van der Waals surface area (Å²) in [6, 6.07) is 9.26. The van der Waals surface area contributed by atoms with Crippen molar-refractivity contribution in [1.82, 2.24) is 0 Å². The average Bonchev–Trinajstić information content (AvgIpc) is 2.46. The van der Waals surface area contributed by atoms with Crippen LogP contribution in [-0.4, -0.2) is 36.1 Å². The summed E-state index contributed by atoms with van der Waals surface area (Å²) in [5.74, 6) is -1.86. The van der Waals surface area contributed by atoms with E-state index in [0.717, 1.165) is 11.3 Å². The highest BCUT2D eigenvalue weighted by Crippen LogP contribution is 2.27. The van der Waals surface area contributed by atoms with Crippen LogP contribution in [-0.2, 0) is 0 Å². The van der Waals surface area contributed by atoms with Crippen LogP contribution < -0.4 is 4.90 Å². The van der Waals surface area contributed by atoms with Crippen molar-refractivity contribution >= 4 is 17.4 Å². The fraction of sp³-hybridized carbons (Fsp3) is 0.176. The molecule has 0 aliphatic rings. The van der Waals surface area contributed by atoms with Crippen molar-refractivity contribution in [2.75, 3.05) is 19.0 Å². The maximum absolute atomic E-state index is 12.5. The van der Waals surface area contributed by atoms with Crippen molar-refractivity contribution in [2.45, 2.75) is 6.92 Å². The topological polar surface area (TPSA) is 77.8 Å². The molecule has 0 aromatic heterocycles. The molecule has 0 amide bonds. The highest BCUT2D eigenvalue weighted by atomic mass is 16.4. The van der Waals surface area contributed by atoms with E-state index in [0.29, 0.717) is 0 Å². The second kappa shape index (κ2) is 5.89. The van der Waals surface area contributed by atoms with Gasteiger partial charge in [0.05, 0.1) is 11.1 Å². The highest BCUT2D eigenvalue weighted by molar-refractivity contribution is 6.15. The lowest BCUT2D eigenvalue weighted by atomic mass is 9.96. The van der Waals surface area contributed by atoms with Crippen LogP contribution in [0.1, 0.15) is 31.8 Å². The molecule has 0 aliphatic heterocycles. The number of aromatic hydroxyl groups is 1. The third-order valence-corrected chi connectivity index (χ3v) is 3.39. The first kappa shape index (κ1) is 15.6. The van der Waals surface area contributed by atoms with Crippen LogP contribution in [0, 0.1) is 6.92 Å². The van der Waals surface area contributed by atoms with Crippen LogP contribution in [0.3, 0.4) is 0 Å². The quantitative estimate of drug-likeness (QED) is 0.849. The monoisotopic (exact) mass is 299 g/mol. The van der Waals surface area contributed by atoms with Gasteiger partial charge >= 0.3 is 5.97 Å². The summed E-state index contributed by atoms with van der Waals surface area (Å²) in [6.07, 6.45) is 0. The molecular weight excluding hydrogens is 282 g/mol. The SMILES string of the molecule is Cc1ccc(C(=O)c2ccc(N(C)C)cc2O)c(C(=O)O)c1. The number of anilines is 1. The molecule has 0 fully saturated rings. The summed E-state index contributed by atoms with van der Waals surface area (Å²) in [7, 11) is 3.64. The van der Waals surface area contributed by atoms with Crippen LogP contribution in [0.4, 0.5) is 5.69 Å². The largest absolute Gasteiger partial charge is 0.507 e. The molecule has 2 aromatic rings. The molecule has 5 nitrogen and oxygen atoms in total.